The minimum atomic E-state index is -0.207. The van der Waals surface area contributed by atoms with Gasteiger partial charge in [0.1, 0.15) is 5.82 Å². The number of aromatic nitrogens is 4. The lowest BCUT2D eigenvalue weighted by Gasteiger charge is -2.08. The molecule has 6 heteroatoms. The maximum atomic E-state index is 13.1. The predicted octanol–water partition coefficient (Wildman–Crippen LogP) is 5.19. The van der Waals surface area contributed by atoms with Gasteiger partial charge in [-0.1, -0.05) is 42.1 Å². The highest BCUT2D eigenvalue weighted by atomic mass is 32.2. The van der Waals surface area contributed by atoms with Crippen LogP contribution in [-0.4, -0.2) is 19.7 Å². The Morgan fingerprint density at radius 3 is 2.69 bits per heavy atom. The van der Waals surface area contributed by atoms with Gasteiger partial charge in [0.15, 0.2) is 11.0 Å². The summed E-state index contributed by atoms with van der Waals surface area (Å²) in [5.41, 5.74) is 3.28. The van der Waals surface area contributed by atoms with Gasteiger partial charge in [0.2, 0.25) is 0 Å². The molecule has 1 aliphatic rings. The summed E-state index contributed by atoms with van der Waals surface area (Å²) in [6.45, 7) is 0. The lowest BCUT2D eigenvalue weighted by molar-refractivity contribution is 0.627. The molecule has 5 rings (SSSR count). The summed E-state index contributed by atoms with van der Waals surface area (Å²) in [4.78, 5) is 3.32. The first-order valence-electron chi connectivity index (χ1n) is 8.68. The largest absolute Gasteiger partial charge is 0.360 e. The van der Waals surface area contributed by atoms with Gasteiger partial charge in [-0.3, -0.25) is 4.57 Å². The van der Waals surface area contributed by atoms with E-state index in [-0.39, 0.29) is 5.82 Å². The summed E-state index contributed by atoms with van der Waals surface area (Å²) in [5, 5.41) is 11.1. The molecule has 4 aromatic rings. The summed E-state index contributed by atoms with van der Waals surface area (Å²) in [6, 6.07) is 15.4. The van der Waals surface area contributed by atoms with Gasteiger partial charge >= 0.3 is 0 Å². The number of fused-ring (bicyclic) bond motifs is 1. The van der Waals surface area contributed by atoms with Gasteiger partial charge in [0, 0.05) is 34.5 Å². The molecule has 26 heavy (non-hydrogen) atoms. The quantitative estimate of drug-likeness (QED) is 0.496. The summed E-state index contributed by atoms with van der Waals surface area (Å²) < 4.78 is 15.3. The molecule has 2 heterocycles. The first-order valence-corrected chi connectivity index (χ1v) is 9.67. The van der Waals surface area contributed by atoms with E-state index < -0.39 is 0 Å². The van der Waals surface area contributed by atoms with E-state index in [9.17, 15) is 4.39 Å². The molecule has 1 fully saturated rings. The number of thioether (sulfide) groups is 1. The fraction of sp³-hybridized carbons (Fsp3) is 0.200. The number of nitrogens with one attached hydrogen (secondary N) is 1. The standard InChI is InChI=1S/C20H17FN4S/c21-14-7-5-13(6-8-14)12-26-20-24-23-19(25(20)15-9-10-15)17-11-22-18-4-2-1-3-16(17)18/h1-8,11,15,22H,9-10,12H2. The van der Waals surface area contributed by atoms with E-state index in [4.69, 9.17) is 0 Å². The number of H-pyrrole nitrogens is 1. The van der Waals surface area contributed by atoms with Crippen LogP contribution in [0.1, 0.15) is 24.4 Å². The zero-order valence-corrected chi connectivity index (χ0v) is 14.8. The van der Waals surface area contributed by atoms with Crippen molar-refractivity contribution in [1.82, 2.24) is 19.7 Å². The third-order valence-electron chi connectivity index (χ3n) is 4.69. The van der Waals surface area contributed by atoms with Gasteiger partial charge in [0.25, 0.3) is 0 Å². The van der Waals surface area contributed by atoms with Crippen LogP contribution in [0, 0.1) is 5.82 Å². The average molecular weight is 364 g/mol. The molecule has 2 aromatic carbocycles. The molecule has 1 N–H and O–H groups in total. The molecule has 4 nitrogen and oxygen atoms in total. The minimum Gasteiger partial charge on any atom is -0.360 e. The minimum absolute atomic E-state index is 0.207. The second-order valence-corrected chi connectivity index (χ2v) is 7.51. The molecule has 1 saturated carbocycles. The van der Waals surface area contributed by atoms with Crippen molar-refractivity contribution in [3.8, 4) is 11.4 Å². The van der Waals surface area contributed by atoms with Crippen LogP contribution >= 0.6 is 11.8 Å². The van der Waals surface area contributed by atoms with Crippen molar-refractivity contribution in [3.05, 3.63) is 66.1 Å². The Morgan fingerprint density at radius 2 is 1.88 bits per heavy atom. The topological polar surface area (TPSA) is 46.5 Å². The Labute approximate surface area is 154 Å². The van der Waals surface area contributed by atoms with Crippen molar-refractivity contribution < 1.29 is 4.39 Å². The van der Waals surface area contributed by atoms with Gasteiger partial charge in [-0.2, -0.15) is 0 Å². The molecule has 0 amide bonds. The Balaban J connectivity index is 1.49. The first-order chi connectivity index (χ1) is 12.8. The molecule has 0 spiro atoms. The Kier molecular flexibility index (Phi) is 3.78. The highest BCUT2D eigenvalue weighted by molar-refractivity contribution is 7.98. The van der Waals surface area contributed by atoms with Gasteiger partial charge < -0.3 is 4.98 Å². The summed E-state index contributed by atoms with van der Waals surface area (Å²) in [6.07, 6.45) is 4.34. The van der Waals surface area contributed by atoms with E-state index in [2.05, 4.69) is 31.9 Å². The number of benzene rings is 2. The fourth-order valence-electron chi connectivity index (χ4n) is 3.21. The molecule has 130 valence electrons. The molecule has 0 aliphatic heterocycles. The van der Waals surface area contributed by atoms with Crippen molar-refractivity contribution in [2.45, 2.75) is 29.8 Å². The molecule has 2 aromatic heterocycles. The van der Waals surface area contributed by atoms with Crippen molar-refractivity contribution in [3.63, 3.8) is 0 Å². The number of para-hydroxylation sites is 1. The van der Waals surface area contributed by atoms with Crippen LogP contribution < -0.4 is 0 Å². The molecule has 0 radical (unpaired) electrons. The maximum Gasteiger partial charge on any atom is 0.192 e. The Bertz CT molecular complexity index is 1060. The molecular weight excluding hydrogens is 347 g/mol. The number of hydrogen-bond acceptors (Lipinski definition) is 3. The second kappa shape index (κ2) is 6.29. The van der Waals surface area contributed by atoms with Gasteiger partial charge in [-0.15, -0.1) is 10.2 Å². The van der Waals surface area contributed by atoms with Crippen molar-refractivity contribution in [2.24, 2.45) is 0 Å². The number of hydrogen-bond donors (Lipinski definition) is 1. The van der Waals surface area contributed by atoms with Gasteiger partial charge in [-0.25, -0.2) is 4.39 Å². The number of aromatic amines is 1. The molecular formula is C20H17FN4S. The number of halogens is 1. The fourth-order valence-corrected chi connectivity index (χ4v) is 4.17. The molecule has 1 aliphatic carbocycles. The lowest BCUT2D eigenvalue weighted by atomic mass is 10.1. The third-order valence-corrected chi connectivity index (χ3v) is 5.70. The average Bonchev–Trinajstić information content (AvgIpc) is 3.28. The summed E-state index contributed by atoms with van der Waals surface area (Å²) >= 11 is 1.65. The van der Waals surface area contributed by atoms with Gasteiger partial charge in [0.05, 0.1) is 0 Å². The third kappa shape index (κ3) is 2.80. The van der Waals surface area contributed by atoms with E-state index in [1.807, 2.05) is 30.5 Å². The molecule has 0 bridgehead atoms. The number of nitrogens with zero attached hydrogens (tertiary/aromatic N) is 3. The van der Waals surface area contributed by atoms with Gasteiger partial charge in [-0.05, 0) is 36.6 Å². The molecule has 0 atom stereocenters. The monoisotopic (exact) mass is 364 g/mol. The van der Waals surface area contributed by atoms with Crippen LogP contribution in [0.3, 0.4) is 0 Å². The predicted molar refractivity (Wildman–Crippen MR) is 102 cm³/mol. The Hall–Kier alpha value is -2.60. The lowest BCUT2D eigenvalue weighted by Crippen LogP contribution is -1.99. The van der Waals surface area contributed by atoms with Crippen LogP contribution in [0.4, 0.5) is 4.39 Å². The van der Waals surface area contributed by atoms with E-state index in [1.54, 1.807) is 11.8 Å². The van der Waals surface area contributed by atoms with Crippen LogP contribution in [0.2, 0.25) is 0 Å². The smallest absolute Gasteiger partial charge is 0.192 e. The second-order valence-electron chi connectivity index (χ2n) is 6.57. The summed E-state index contributed by atoms with van der Waals surface area (Å²) in [7, 11) is 0. The highest BCUT2D eigenvalue weighted by Gasteiger charge is 2.30. The molecule has 0 saturated heterocycles. The maximum absolute atomic E-state index is 13.1. The zero-order chi connectivity index (χ0) is 17.5. The van der Waals surface area contributed by atoms with Crippen molar-refractivity contribution >= 4 is 22.7 Å². The van der Waals surface area contributed by atoms with Crippen molar-refractivity contribution in [1.29, 1.82) is 0 Å². The summed E-state index contributed by atoms with van der Waals surface area (Å²) in [5.74, 6) is 1.46. The highest BCUT2D eigenvalue weighted by Crippen LogP contribution is 2.42. The van der Waals surface area contributed by atoms with E-state index in [0.29, 0.717) is 6.04 Å². The number of rotatable bonds is 5. The van der Waals surface area contributed by atoms with E-state index >= 15 is 0 Å². The van der Waals surface area contributed by atoms with E-state index in [1.165, 1.54) is 12.1 Å². The SMILES string of the molecule is Fc1ccc(CSc2nnc(-c3c[nH]c4ccccc34)n2C2CC2)cc1. The molecule has 0 unspecified atom stereocenters. The van der Waals surface area contributed by atoms with Crippen LogP contribution in [-0.2, 0) is 5.75 Å². The zero-order valence-electron chi connectivity index (χ0n) is 14.0. The van der Waals surface area contributed by atoms with Crippen LogP contribution in [0.15, 0.2) is 59.9 Å². The van der Waals surface area contributed by atoms with Crippen LogP contribution in [0.25, 0.3) is 22.3 Å². The van der Waals surface area contributed by atoms with Crippen molar-refractivity contribution in [2.75, 3.05) is 0 Å². The van der Waals surface area contributed by atoms with Crippen LogP contribution in [0.5, 0.6) is 0 Å². The Morgan fingerprint density at radius 1 is 1.08 bits per heavy atom. The first kappa shape index (κ1) is 15.6. The normalized spacial score (nSPS) is 14.2. The van der Waals surface area contributed by atoms with E-state index in [0.717, 1.165) is 51.6 Å².